The lowest BCUT2D eigenvalue weighted by Crippen LogP contribution is -2.30. The summed E-state index contributed by atoms with van der Waals surface area (Å²) < 4.78 is 5.38. The van der Waals surface area contributed by atoms with Gasteiger partial charge in [0.1, 0.15) is 0 Å². The van der Waals surface area contributed by atoms with Gasteiger partial charge in [0.2, 0.25) is 11.9 Å². The van der Waals surface area contributed by atoms with Crippen molar-refractivity contribution in [2.75, 3.05) is 37.8 Å². The molecule has 0 atom stereocenters. The molecule has 0 unspecified atom stereocenters. The third kappa shape index (κ3) is 5.95. The molecule has 2 heterocycles. The van der Waals surface area contributed by atoms with Crippen LogP contribution in [0.15, 0.2) is 34.7 Å². The van der Waals surface area contributed by atoms with Crippen LogP contribution in [-0.2, 0) is 0 Å². The Hall–Kier alpha value is -3.60. The maximum absolute atomic E-state index is 12.0. The summed E-state index contributed by atoms with van der Waals surface area (Å²) in [5, 5.41) is 16.3. The lowest BCUT2D eigenvalue weighted by atomic mass is 10.2. The smallest absolute Gasteiger partial charge is 0.322 e. The maximum atomic E-state index is 12.0. The summed E-state index contributed by atoms with van der Waals surface area (Å²) in [4.78, 5) is 27.3. The molecule has 11 heteroatoms. The summed E-state index contributed by atoms with van der Waals surface area (Å²) in [6.07, 6.45) is 0. The fraction of sp³-hybridized carbons (Fsp3) is 0.368. The summed E-state index contributed by atoms with van der Waals surface area (Å²) in [6.45, 7) is 5.15. The molecule has 0 saturated carbocycles. The van der Waals surface area contributed by atoms with Gasteiger partial charge in [-0.25, -0.2) is 0 Å². The highest BCUT2D eigenvalue weighted by molar-refractivity contribution is 5.89. The number of nitrogens with one attached hydrogen (secondary N) is 3. The number of aromatic nitrogens is 5. The number of carbonyl (C=O) groups is 1. The van der Waals surface area contributed by atoms with E-state index in [2.05, 4.69) is 41.1 Å². The number of nitrogens with zero attached hydrogens (tertiary/aromatic N) is 6. The molecule has 11 nitrogen and oxygen atoms in total. The normalized spacial score (nSPS) is 11.0. The number of hydrogen-bond acceptors (Lipinski definition) is 10. The molecule has 1 amide bonds. The molecule has 0 aliphatic carbocycles. The molecule has 0 saturated heterocycles. The number of hydrogen-bond donors (Lipinski definition) is 3. The standard InChI is InChI=1S/C19H25N9O2/c1-12(2)21-15(29)16-26-27-19(30-16)25-18-23-14(13-8-6-5-7-9-13)22-17(24-18)20-10-11-28(3)4/h5-9,12H,10-11H2,1-4H3,(H,21,29)(H2,20,22,23,24,25,27). The van der Waals surface area contributed by atoms with Gasteiger partial charge >= 0.3 is 17.8 Å². The Morgan fingerprint density at radius 3 is 2.50 bits per heavy atom. The molecule has 0 radical (unpaired) electrons. The molecule has 3 rings (SSSR count). The topological polar surface area (TPSA) is 134 Å². The number of rotatable bonds is 9. The van der Waals surface area contributed by atoms with Crippen molar-refractivity contribution >= 4 is 23.8 Å². The first-order valence-electron chi connectivity index (χ1n) is 9.52. The summed E-state index contributed by atoms with van der Waals surface area (Å²) in [5.41, 5.74) is 0.834. The first-order chi connectivity index (χ1) is 14.4. The van der Waals surface area contributed by atoms with Crippen molar-refractivity contribution in [3.63, 3.8) is 0 Å². The van der Waals surface area contributed by atoms with Gasteiger partial charge in [0, 0.05) is 24.7 Å². The predicted octanol–water partition coefficient (Wildman–Crippen LogP) is 1.78. The molecule has 0 aliphatic heterocycles. The van der Waals surface area contributed by atoms with Gasteiger partial charge in [-0.05, 0) is 27.9 Å². The van der Waals surface area contributed by atoms with Gasteiger partial charge in [0.05, 0.1) is 0 Å². The van der Waals surface area contributed by atoms with Crippen LogP contribution in [0.3, 0.4) is 0 Å². The van der Waals surface area contributed by atoms with E-state index in [-0.39, 0.29) is 23.9 Å². The predicted molar refractivity (Wildman–Crippen MR) is 112 cm³/mol. The van der Waals surface area contributed by atoms with E-state index in [4.69, 9.17) is 4.42 Å². The summed E-state index contributed by atoms with van der Waals surface area (Å²) in [5.74, 6) is 0.518. The average Bonchev–Trinajstić information content (AvgIpc) is 3.16. The van der Waals surface area contributed by atoms with Gasteiger partial charge in [-0.3, -0.25) is 10.1 Å². The molecule has 1 aromatic carbocycles. The quantitative estimate of drug-likeness (QED) is 0.478. The fourth-order valence-corrected chi connectivity index (χ4v) is 2.40. The van der Waals surface area contributed by atoms with Crippen LogP contribution in [0.5, 0.6) is 0 Å². The second kappa shape index (κ2) is 9.74. The van der Waals surface area contributed by atoms with Crippen molar-refractivity contribution in [1.29, 1.82) is 0 Å². The highest BCUT2D eigenvalue weighted by Gasteiger charge is 2.17. The zero-order chi connectivity index (χ0) is 21.5. The molecule has 30 heavy (non-hydrogen) atoms. The van der Waals surface area contributed by atoms with E-state index in [1.54, 1.807) is 0 Å². The van der Waals surface area contributed by atoms with E-state index >= 15 is 0 Å². The minimum atomic E-state index is -0.447. The van der Waals surface area contributed by atoms with E-state index in [0.29, 0.717) is 18.3 Å². The zero-order valence-corrected chi connectivity index (χ0v) is 17.4. The third-order valence-electron chi connectivity index (χ3n) is 3.77. The first kappa shape index (κ1) is 21.1. The van der Waals surface area contributed by atoms with Crippen molar-refractivity contribution in [2.24, 2.45) is 0 Å². The molecular formula is C19H25N9O2. The van der Waals surface area contributed by atoms with E-state index in [0.717, 1.165) is 12.1 Å². The summed E-state index contributed by atoms with van der Waals surface area (Å²) >= 11 is 0. The Morgan fingerprint density at radius 1 is 1.07 bits per heavy atom. The SMILES string of the molecule is CC(C)NC(=O)c1nnc(Nc2nc(NCCN(C)C)nc(-c3ccccc3)n2)o1. The summed E-state index contributed by atoms with van der Waals surface area (Å²) in [6, 6.07) is 9.50. The van der Waals surface area contributed by atoms with Crippen LogP contribution in [0.25, 0.3) is 11.4 Å². The number of likely N-dealkylation sites (N-methyl/N-ethyl adjacent to an activating group) is 1. The van der Waals surface area contributed by atoms with Crippen molar-refractivity contribution in [3.05, 3.63) is 36.2 Å². The van der Waals surface area contributed by atoms with Crippen LogP contribution in [0, 0.1) is 0 Å². The van der Waals surface area contributed by atoms with Gasteiger partial charge < -0.3 is 20.0 Å². The molecule has 158 valence electrons. The lowest BCUT2D eigenvalue weighted by Gasteiger charge is -2.12. The second-order valence-electron chi connectivity index (χ2n) is 7.07. The van der Waals surface area contributed by atoms with Crippen molar-refractivity contribution < 1.29 is 9.21 Å². The minimum Gasteiger partial charge on any atom is -0.399 e. The Bertz CT molecular complexity index is 973. The van der Waals surface area contributed by atoms with E-state index in [1.807, 2.05) is 63.2 Å². The summed E-state index contributed by atoms with van der Waals surface area (Å²) in [7, 11) is 3.97. The molecule has 0 spiro atoms. The second-order valence-corrected chi connectivity index (χ2v) is 7.07. The van der Waals surface area contributed by atoms with Crippen molar-refractivity contribution in [2.45, 2.75) is 19.9 Å². The van der Waals surface area contributed by atoms with Crippen LogP contribution in [0.2, 0.25) is 0 Å². The van der Waals surface area contributed by atoms with Crippen molar-refractivity contribution in [3.8, 4) is 11.4 Å². The lowest BCUT2D eigenvalue weighted by molar-refractivity contribution is 0.0909. The van der Waals surface area contributed by atoms with Gasteiger partial charge in [-0.15, -0.1) is 5.10 Å². The molecule has 0 fully saturated rings. The Balaban J connectivity index is 1.82. The molecule has 0 aliphatic rings. The number of amides is 1. The molecule has 3 N–H and O–H groups in total. The highest BCUT2D eigenvalue weighted by atomic mass is 16.4. The number of benzene rings is 1. The number of carbonyl (C=O) groups excluding carboxylic acids is 1. The maximum Gasteiger partial charge on any atom is 0.322 e. The van der Waals surface area contributed by atoms with E-state index in [1.165, 1.54) is 0 Å². The molecular weight excluding hydrogens is 386 g/mol. The van der Waals surface area contributed by atoms with Crippen LogP contribution < -0.4 is 16.0 Å². The minimum absolute atomic E-state index is 0.00774. The number of anilines is 3. The first-order valence-corrected chi connectivity index (χ1v) is 9.52. The monoisotopic (exact) mass is 411 g/mol. The Morgan fingerprint density at radius 2 is 1.80 bits per heavy atom. The van der Waals surface area contributed by atoms with E-state index < -0.39 is 5.91 Å². The Kier molecular flexibility index (Phi) is 6.86. The van der Waals surface area contributed by atoms with Crippen molar-refractivity contribution in [1.82, 2.24) is 35.4 Å². The van der Waals surface area contributed by atoms with Crippen LogP contribution in [-0.4, -0.2) is 69.2 Å². The zero-order valence-electron chi connectivity index (χ0n) is 17.4. The molecule has 2 aromatic heterocycles. The van der Waals surface area contributed by atoms with Gasteiger partial charge in [-0.1, -0.05) is 35.4 Å². The molecule has 0 bridgehead atoms. The van der Waals surface area contributed by atoms with Crippen LogP contribution in [0.4, 0.5) is 17.9 Å². The third-order valence-corrected chi connectivity index (χ3v) is 3.77. The van der Waals surface area contributed by atoms with Crippen LogP contribution in [0.1, 0.15) is 24.5 Å². The van der Waals surface area contributed by atoms with Gasteiger partial charge in [0.25, 0.3) is 0 Å². The largest absolute Gasteiger partial charge is 0.399 e. The molecule has 3 aromatic rings. The van der Waals surface area contributed by atoms with E-state index in [9.17, 15) is 4.79 Å². The average molecular weight is 411 g/mol. The Labute approximate surface area is 174 Å². The fourth-order valence-electron chi connectivity index (χ4n) is 2.40. The van der Waals surface area contributed by atoms with Gasteiger partial charge in [-0.2, -0.15) is 15.0 Å². The van der Waals surface area contributed by atoms with Gasteiger partial charge in [0.15, 0.2) is 5.82 Å². The highest BCUT2D eigenvalue weighted by Crippen LogP contribution is 2.19. The van der Waals surface area contributed by atoms with Crippen LogP contribution >= 0.6 is 0 Å².